The number of aromatic nitrogens is 5. The second-order valence-electron chi connectivity index (χ2n) is 7.47. The van der Waals surface area contributed by atoms with E-state index in [2.05, 4.69) is 26.0 Å². The number of nitrogens with one attached hydrogen (secondary N) is 2. The molecule has 5 rings (SSSR count). The number of hydrogen-bond donors (Lipinski definition) is 2. The molecule has 1 saturated heterocycles. The monoisotopic (exact) mass is 386 g/mol. The normalized spacial score (nSPS) is 16.6. The van der Waals surface area contributed by atoms with Gasteiger partial charge in [-0.3, -0.25) is 4.79 Å². The minimum atomic E-state index is -0.0960. The van der Waals surface area contributed by atoms with E-state index in [1.807, 2.05) is 42.3 Å². The molecule has 7 heteroatoms. The summed E-state index contributed by atoms with van der Waals surface area (Å²) in [6.45, 7) is 2.68. The predicted octanol–water partition coefficient (Wildman–Crippen LogP) is 3.56. The van der Waals surface area contributed by atoms with Crippen molar-refractivity contribution in [3.05, 3.63) is 66.0 Å². The highest BCUT2D eigenvalue weighted by Gasteiger charge is 2.32. The quantitative estimate of drug-likeness (QED) is 0.561. The Labute approximate surface area is 168 Å². The minimum Gasteiger partial charge on any atom is -0.361 e. The number of carbonyl (C=O) groups is 1. The third-order valence-corrected chi connectivity index (χ3v) is 5.50. The van der Waals surface area contributed by atoms with Crippen LogP contribution in [0.1, 0.15) is 36.0 Å². The molecule has 1 fully saturated rings. The number of para-hydroxylation sites is 1. The van der Waals surface area contributed by atoms with E-state index in [0.29, 0.717) is 18.1 Å². The zero-order valence-electron chi connectivity index (χ0n) is 16.2. The van der Waals surface area contributed by atoms with Gasteiger partial charge in [-0.25, -0.2) is 15.0 Å². The molecule has 29 heavy (non-hydrogen) atoms. The number of benzene rings is 1. The van der Waals surface area contributed by atoms with Crippen LogP contribution in [0.3, 0.4) is 0 Å². The predicted molar refractivity (Wildman–Crippen MR) is 110 cm³/mol. The second kappa shape index (κ2) is 7.16. The first kappa shape index (κ1) is 17.6. The highest BCUT2D eigenvalue weighted by atomic mass is 16.2. The SMILES string of the molecule is Cc1cc(-c2ncc[nH]2)nc([C@@H]2CCCN2C(=O)Cc2c[nH]c3ccccc23)n1. The lowest BCUT2D eigenvalue weighted by Gasteiger charge is -2.24. The van der Waals surface area contributed by atoms with Crippen LogP contribution in [0.2, 0.25) is 0 Å². The summed E-state index contributed by atoms with van der Waals surface area (Å²) in [5, 5.41) is 1.10. The molecule has 0 radical (unpaired) electrons. The summed E-state index contributed by atoms with van der Waals surface area (Å²) in [6.07, 6.45) is 7.62. The number of fused-ring (bicyclic) bond motifs is 1. The molecule has 3 aromatic heterocycles. The summed E-state index contributed by atoms with van der Waals surface area (Å²) in [4.78, 5) is 35.1. The van der Waals surface area contributed by atoms with Crippen LogP contribution in [0.15, 0.2) is 48.9 Å². The van der Waals surface area contributed by atoms with Gasteiger partial charge < -0.3 is 14.9 Å². The molecule has 0 spiro atoms. The van der Waals surface area contributed by atoms with Crippen LogP contribution in [0.5, 0.6) is 0 Å². The van der Waals surface area contributed by atoms with Gasteiger partial charge in [-0.1, -0.05) is 18.2 Å². The lowest BCUT2D eigenvalue weighted by atomic mass is 10.1. The lowest BCUT2D eigenvalue weighted by molar-refractivity contribution is -0.131. The first-order valence-corrected chi connectivity index (χ1v) is 9.89. The molecule has 4 aromatic rings. The van der Waals surface area contributed by atoms with Gasteiger partial charge in [0.1, 0.15) is 5.69 Å². The van der Waals surface area contributed by atoms with Gasteiger partial charge in [0, 0.05) is 41.7 Å². The van der Waals surface area contributed by atoms with Crippen LogP contribution in [0.4, 0.5) is 0 Å². The Balaban J connectivity index is 1.42. The number of nitrogens with zero attached hydrogens (tertiary/aromatic N) is 4. The molecular weight excluding hydrogens is 364 g/mol. The summed E-state index contributed by atoms with van der Waals surface area (Å²) < 4.78 is 0. The lowest BCUT2D eigenvalue weighted by Crippen LogP contribution is -2.32. The van der Waals surface area contributed by atoms with Crippen LogP contribution in [0.25, 0.3) is 22.4 Å². The molecule has 0 saturated carbocycles. The molecule has 2 N–H and O–H groups in total. The summed E-state index contributed by atoms with van der Waals surface area (Å²) in [5.41, 5.74) is 3.71. The van der Waals surface area contributed by atoms with E-state index in [1.165, 1.54) is 0 Å². The first-order chi connectivity index (χ1) is 14.2. The number of aromatic amines is 2. The average molecular weight is 386 g/mol. The standard InChI is InChI=1S/C22H22N6O/c1-14-11-18(21-23-8-9-24-21)27-22(26-14)19-7-4-10-28(19)20(29)12-15-13-25-17-6-3-2-5-16(15)17/h2-3,5-6,8-9,11,13,19,25H,4,7,10,12H2,1H3,(H,23,24)/t19-/m0/s1. The molecule has 1 aliphatic heterocycles. The smallest absolute Gasteiger partial charge is 0.227 e. The molecule has 7 nitrogen and oxygen atoms in total. The van der Waals surface area contributed by atoms with Crippen LogP contribution < -0.4 is 0 Å². The van der Waals surface area contributed by atoms with E-state index in [-0.39, 0.29) is 11.9 Å². The van der Waals surface area contributed by atoms with E-state index >= 15 is 0 Å². The van der Waals surface area contributed by atoms with Gasteiger partial charge in [0.05, 0.1) is 12.5 Å². The van der Waals surface area contributed by atoms with Gasteiger partial charge in [-0.15, -0.1) is 0 Å². The van der Waals surface area contributed by atoms with E-state index < -0.39 is 0 Å². The number of aryl methyl sites for hydroxylation is 1. The number of rotatable bonds is 4. The molecule has 1 aromatic carbocycles. The van der Waals surface area contributed by atoms with E-state index in [1.54, 1.807) is 12.4 Å². The molecule has 4 heterocycles. The first-order valence-electron chi connectivity index (χ1n) is 9.89. The fourth-order valence-electron chi connectivity index (χ4n) is 4.14. The Hall–Kier alpha value is -3.48. The van der Waals surface area contributed by atoms with E-state index in [9.17, 15) is 4.79 Å². The number of H-pyrrole nitrogens is 2. The Morgan fingerprint density at radius 2 is 2.14 bits per heavy atom. The molecule has 0 aliphatic carbocycles. The zero-order chi connectivity index (χ0) is 19.8. The van der Waals surface area contributed by atoms with Gasteiger partial charge in [0.25, 0.3) is 0 Å². The Bertz CT molecular complexity index is 1160. The maximum atomic E-state index is 13.2. The highest BCUT2D eigenvalue weighted by Crippen LogP contribution is 2.32. The van der Waals surface area contributed by atoms with Crippen molar-refractivity contribution in [3.8, 4) is 11.5 Å². The van der Waals surface area contributed by atoms with Crippen LogP contribution >= 0.6 is 0 Å². The van der Waals surface area contributed by atoms with E-state index in [4.69, 9.17) is 4.98 Å². The fourth-order valence-corrected chi connectivity index (χ4v) is 4.14. The molecule has 0 bridgehead atoms. The molecule has 1 aliphatic rings. The zero-order valence-corrected chi connectivity index (χ0v) is 16.2. The maximum Gasteiger partial charge on any atom is 0.227 e. The Morgan fingerprint density at radius 3 is 3.00 bits per heavy atom. The van der Waals surface area contributed by atoms with Gasteiger partial charge in [0.2, 0.25) is 5.91 Å². The van der Waals surface area contributed by atoms with Crippen LogP contribution in [-0.2, 0) is 11.2 Å². The van der Waals surface area contributed by atoms with Crippen molar-refractivity contribution >= 4 is 16.8 Å². The summed E-state index contributed by atoms with van der Waals surface area (Å²) in [7, 11) is 0. The van der Waals surface area contributed by atoms with Crippen molar-refractivity contribution in [2.75, 3.05) is 6.54 Å². The van der Waals surface area contributed by atoms with Crippen molar-refractivity contribution in [1.82, 2.24) is 29.8 Å². The number of amides is 1. The maximum absolute atomic E-state index is 13.2. The van der Waals surface area contributed by atoms with Crippen molar-refractivity contribution in [2.24, 2.45) is 0 Å². The Morgan fingerprint density at radius 1 is 1.24 bits per heavy atom. The van der Waals surface area contributed by atoms with E-state index in [0.717, 1.165) is 47.2 Å². The topological polar surface area (TPSA) is 90.6 Å². The molecular formula is C22H22N6O. The van der Waals surface area contributed by atoms with Crippen molar-refractivity contribution in [1.29, 1.82) is 0 Å². The third-order valence-electron chi connectivity index (χ3n) is 5.50. The van der Waals surface area contributed by atoms with Gasteiger partial charge in [-0.2, -0.15) is 0 Å². The highest BCUT2D eigenvalue weighted by molar-refractivity contribution is 5.89. The third kappa shape index (κ3) is 3.29. The number of hydrogen-bond acceptors (Lipinski definition) is 4. The summed E-state index contributed by atoms with van der Waals surface area (Å²) in [5.74, 6) is 1.52. The van der Waals surface area contributed by atoms with Gasteiger partial charge in [0.15, 0.2) is 11.6 Å². The molecule has 1 atom stereocenters. The minimum absolute atomic E-state index is 0.0960. The average Bonchev–Trinajstić information content (AvgIpc) is 3.48. The molecule has 146 valence electrons. The second-order valence-corrected chi connectivity index (χ2v) is 7.47. The van der Waals surface area contributed by atoms with Crippen LogP contribution in [0, 0.1) is 6.92 Å². The number of likely N-dealkylation sites (tertiary alicyclic amines) is 1. The van der Waals surface area contributed by atoms with Crippen molar-refractivity contribution in [3.63, 3.8) is 0 Å². The summed E-state index contributed by atoms with van der Waals surface area (Å²) >= 11 is 0. The number of carbonyl (C=O) groups excluding carboxylic acids is 1. The molecule has 0 unspecified atom stereocenters. The Kier molecular flexibility index (Phi) is 4.35. The van der Waals surface area contributed by atoms with Gasteiger partial charge in [-0.05, 0) is 37.5 Å². The molecule has 1 amide bonds. The van der Waals surface area contributed by atoms with Crippen molar-refractivity contribution in [2.45, 2.75) is 32.2 Å². The van der Waals surface area contributed by atoms with Crippen molar-refractivity contribution < 1.29 is 4.79 Å². The summed E-state index contributed by atoms with van der Waals surface area (Å²) in [6, 6.07) is 9.89. The fraction of sp³-hybridized carbons (Fsp3) is 0.273. The largest absolute Gasteiger partial charge is 0.361 e. The van der Waals surface area contributed by atoms with Crippen LogP contribution in [-0.4, -0.2) is 42.3 Å². The number of imidazole rings is 1. The van der Waals surface area contributed by atoms with Gasteiger partial charge >= 0.3 is 0 Å².